The van der Waals surface area contributed by atoms with Crippen LogP contribution >= 0.6 is 11.8 Å². The number of nitrogens with one attached hydrogen (secondary N) is 1. The molecule has 0 saturated carbocycles. The van der Waals surface area contributed by atoms with Crippen LogP contribution < -0.4 is 5.32 Å². The minimum absolute atomic E-state index is 0.0553. The average molecular weight is 294 g/mol. The molecule has 0 aliphatic carbocycles. The number of nitro groups is 1. The molecule has 0 radical (unpaired) electrons. The van der Waals surface area contributed by atoms with Gasteiger partial charge in [-0.2, -0.15) is 0 Å². The van der Waals surface area contributed by atoms with E-state index in [9.17, 15) is 14.9 Å². The molecule has 1 aromatic heterocycles. The highest BCUT2D eigenvalue weighted by atomic mass is 32.2. The quantitative estimate of drug-likeness (QED) is 0.505. The predicted octanol–water partition coefficient (Wildman–Crippen LogP) is 1.48. The van der Waals surface area contributed by atoms with Gasteiger partial charge in [0.25, 0.3) is 10.9 Å². The van der Waals surface area contributed by atoms with Crippen LogP contribution in [0.15, 0.2) is 33.9 Å². The van der Waals surface area contributed by atoms with Crippen molar-refractivity contribution in [1.29, 1.82) is 0 Å². The number of aromatic nitrogens is 2. The van der Waals surface area contributed by atoms with Crippen molar-refractivity contribution in [2.24, 2.45) is 0 Å². The smallest absolute Gasteiger partial charge is 0.277 e. The van der Waals surface area contributed by atoms with Crippen molar-refractivity contribution >= 4 is 23.4 Å². The van der Waals surface area contributed by atoms with Crippen LogP contribution in [0.5, 0.6) is 0 Å². The van der Waals surface area contributed by atoms with E-state index in [2.05, 4.69) is 15.5 Å². The highest BCUT2D eigenvalue weighted by molar-refractivity contribution is 7.99. The summed E-state index contributed by atoms with van der Waals surface area (Å²) in [4.78, 5) is 21.3. The van der Waals surface area contributed by atoms with Crippen LogP contribution in [0.3, 0.4) is 0 Å². The summed E-state index contributed by atoms with van der Waals surface area (Å²) < 4.78 is 5.34. The molecule has 0 bridgehead atoms. The Labute approximate surface area is 117 Å². The normalized spacial score (nSPS) is 10.2. The molecule has 0 fully saturated rings. The number of hydrogen-bond acceptors (Lipinski definition) is 7. The maximum atomic E-state index is 11.1. The Bertz CT molecular complexity index is 643. The van der Waals surface area contributed by atoms with Crippen molar-refractivity contribution < 1.29 is 14.1 Å². The highest BCUT2D eigenvalue weighted by Gasteiger charge is 2.13. The zero-order valence-corrected chi connectivity index (χ0v) is 11.2. The van der Waals surface area contributed by atoms with Gasteiger partial charge in [-0.15, -0.1) is 10.2 Å². The molecule has 2 rings (SSSR count). The molecule has 0 aliphatic rings. The molecule has 104 valence electrons. The molecular formula is C11H10N4O4S. The third kappa shape index (κ3) is 3.32. The van der Waals surface area contributed by atoms with Gasteiger partial charge in [0.15, 0.2) is 0 Å². The molecule has 0 spiro atoms. The fraction of sp³-hybridized carbons (Fsp3) is 0.182. The molecule has 1 aromatic carbocycles. The maximum Gasteiger partial charge on any atom is 0.277 e. The molecule has 2 aromatic rings. The topological polar surface area (TPSA) is 111 Å². The van der Waals surface area contributed by atoms with Crippen LogP contribution in [-0.4, -0.2) is 33.8 Å². The monoisotopic (exact) mass is 294 g/mol. The summed E-state index contributed by atoms with van der Waals surface area (Å²) in [6.45, 7) is 0. The number of rotatable bonds is 5. The predicted molar refractivity (Wildman–Crippen MR) is 71.2 cm³/mol. The van der Waals surface area contributed by atoms with Crippen molar-refractivity contribution in [3.05, 3.63) is 34.4 Å². The first-order valence-electron chi connectivity index (χ1n) is 5.52. The van der Waals surface area contributed by atoms with E-state index in [0.29, 0.717) is 5.56 Å². The summed E-state index contributed by atoms with van der Waals surface area (Å²) >= 11 is 1.09. The molecule has 1 heterocycles. The van der Waals surface area contributed by atoms with Gasteiger partial charge in [-0.25, -0.2) is 0 Å². The zero-order chi connectivity index (χ0) is 14.5. The lowest BCUT2D eigenvalue weighted by molar-refractivity contribution is -0.384. The van der Waals surface area contributed by atoms with Gasteiger partial charge in [-0.1, -0.05) is 17.8 Å². The fourth-order valence-corrected chi connectivity index (χ4v) is 1.97. The number of nitrogens with zero attached hydrogens (tertiary/aromatic N) is 3. The second-order valence-corrected chi connectivity index (χ2v) is 4.57. The van der Waals surface area contributed by atoms with Gasteiger partial charge < -0.3 is 9.73 Å². The third-order valence-electron chi connectivity index (χ3n) is 2.32. The summed E-state index contributed by atoms with van der Waals surface area (Å²) in [5.74, 6) is 0.172. The van der Waals surface area contributed by atoms with Crippen molar-refractivity contribution in [2.75, 3.05) is 12.8 Å². The maximum absolute atomic E-state index is 11.1. The Morgan fingerprint density at radius 3 is 3.00 bits per heavy atom. The Balaban J connectivity index is 2.14. The molecule has 20 heavy (non-hydrogen) atoms. The van der Waals surface area contributed by atoms with Crippen LogP contribution in [0, 0.1) is 10.1 Å². The number of carbonyl (C=O) groups excluding carboxylic acids is 1. The van der Waals surface area contributed by atoms with Crippen molar-refractivity contribution in [3.8, 4) is 11.5 Å². The summed E-state index contributed by atoms with van der Waals surface area (Å²) in [7, 11) is 1.53. The second-order valence-electron chi connectivity index (χ2n) is 3.64. The van der Waals surface area contributed by atoms with Crippen molar-refractivity contribution in [2.45, 2.75) is 5.22 Å². The highest BCUT2D eigenvalue weighted by Crippen LogP contribution is 2.25. The van der Waals surface area contributed by atoms with Crippen LogP contribution in [0.1, 0.15) is 0 Å². The molecule has 1 N–H and O–H groups in total. The zero-order valence-electron chi connectivity index (χ0n) is 10.4. The minimum atomic E-state index is -0.499. The number of benzene rings is 1. The first-order chi connectivity index (χ1) is 9.60. The number of hydrogen-bond donors (Lipinski definition) is 1. The van der Waals surface area contributed by atoms with Gasteiger partial charge in [0, 0.05) is 24.7 Å². The lowest BCUT2D eigenvalue weighted by atomic mass is 10.2. The van der Waals surface area contributed by atoms with E-state index in [4.69, 9.17) is 4.42 Å². The Hall–Kier alpha value is -2.42. The molecule has 9 heteroatoms. The first kappa shape index (κ1) is 14.0. The lowest BCUT2D eigenvalue weighted by Gasteiger charge is -1.96. The summed E-state index contributed by atoms with van der Waals surface area (Å²) in [5.41, 5.74) is 0.402. The van der Waals surface area contributed by atoms with Crippen LogP contribution in [-0.2, 0) is 4.79 Å². The van der Waals surface area contributed by atoms with Crippen LogP contribution in [0.4, 0.5) is 5.69 Å². The molecular weight excluding hydrogens is 284 g/mol. The Kier molecular flexibility index (Phi) is 4.31. The number of non-ortho nitro benzene ring substituents is 1. The molecule has 0 atom stereocenters. The van der Waals surface area contributed by atoms with E-state index in [1.807, 2.05) is 0 Å². The van der Waals surface area contributed by atoms with E-state index in [1.54, 1.807) is 6.07 Å². The van der Waals surface area contributed by atoms with E-state index in [0.717, 1.165) is 11.8 Å². The van der Waals surface area contributed by atoms with Gasteiger partial charge in [-0.3, -0.25) is 14.9 Å². The van der Waals surface area contributed by atoms with E-state index >= 15 is 0 Å². The second kappa shape index (κ2) is 6.15. The molecule has 8 nitrogen and oxygen atoms in total. The Morgan fingerprint density at radius 2 is 2.30 bits per heavy atom. The minimum Gasteiger partial charge on any atom is -0.411 e. The van der Waals surface area contributed by atoms with Crippen LogP contribution in [0.2, 0.25) is 0 Å². The van der Waals surface area contributed by atoms with Gasteiger partial charge in [0.2, 0.25) is 11.8 Å². The van der Waals surface area contributed by atoms with Crippen molar-refractivity contribution in [3.63, 3.8) is 0 Å². The van der Waals surface area contributed by atoms with E-state index in [1.165, 1.54) is 25.2 Å². The van der Waals surface area contributed by atoms with Gasteiger partial charge >= 0.3 is 0 Å². The molecule has 0 saturated heterocycles. The molecule has 0 unspecified atom stereocenters. The summed E-state index contributed by atoms with van der Waals surface area (Å²) in [5, 5.41) is 21.0. The SMILES string of the molecule is CNC(=O)CSc1nnc(-c2cccc([N+](=O)[O-])c2)o1. The van der Waals surface area contributed by atoms with Crippen molar-refractivity contribution in [1.82, 2.24) is 15.5 Å². The van der Waals surface area contributed by atoms with E-state index in [-0.39, 0.29) is 28.5 Å². The van der Waals surface area contributed by atoms with E-state index < -0.39 is 4.92 Å². The van der Waals surface area contributed by atoms with Gasteiger partial charge in [0.05, 0.1) is 10.7 Å². The summed E-state index contributed by atoms with van der Waals surface area (Å²) in [6.07, 6.45) is 0. The number of thioether (sulfide) groups is 1. The lowest BCUT2D eigenvalue weighted by Crippen LogP contribution is -2.19. The van der Waals surface area contributed by atoms with Crippen LogP contribution in [0.25, 0.3) is 11.5 Å². The molecule has 1 amide bonds. The number of carbonyl (C=O) groups is 1. The van der Waals surface area contributed by atoms with Gasteiger partial charge in [0.1, 0.15) is 0 Å². The number of nitro benzene ring substituents is 1. The summed E-state index contributed by atoms with van der Waals surface area (Å²) in [6, 6.07) is 5.89. The third-order valence-corrected chi connectivity index (χ3v) is 3.13. The average Bonchev–Trinajstić information content (AvgIpc) is 2.93. The largest absolute Gasteiger partial charge is 0.411 e. The number of amides is 1. The standard InChI is InChI=1S/C11H10N4O4S/c1-12-9(16)6-20-11-14-13-10(19-11)7-3-2-4-8(5-7)15(17)18/h2-5H,6H2,1H3,(H,12,16). The molecule has 0 aliphatic heterocycles. The fourth-order valence-electron chi connectivity index (χ4n) is 1.34. The van der Waals surface area contributed by atoms with Gasteiger partial charge in [-0.05, 0) is 6.07 Å². The Morgan fingerprint density at radius 1 is 1.50 bits per heavy atom. The first-order valence-corrected chi connectivity index (χ1v) is 6.50.